The zero-order valence-corrected chi connectivity index (χ0v) is 8.97. The van der Waals surface area contributed by atoms with E-state index in [1.54, 1.807) is 6.92 Å². The van der Waals surface area contributed by atoms with E-state index < -0.39 is 6.10 Å². The Morgan fingerprint density at radius 3 is 2.75 bits per heavy atom. The van der Waals surface area contributed by atoms with Crippen LogP contribution < -0.4 is 10.9 Å². The molecule has 1 atom stereocenters. The third kappa shape index (κ3) is 4.10. The molecule has 5 heteroatoms. The third-order valence-electron chi connectivity index (χ3n) is 1.97. The van der Waals surface area contributed by atoms with Crippen molar-refractivity contribution in [2.24, 2.45) is 0 Å². The molecule has 0 saturated heterocycles. The zero-order valence-electron chi connectivity index (χ0n) is 8.97. The van der Waals surface area contributed by atoms with Gasteiger partial charge in [-0.05, 0) is 12.5 Å². The number of hydrogen-bond donors (Lipinski definition) is 2. The summed E-state index contributed by atoms with van der Waals surface area (Å²) in [4.78, 5) is 21.2. The predicted molar refractivity (Wildman–Crippen MR) is 58.0 cm³/mol. The Morgan fingerprint density at radius 2 is 2.12 bits per heavy atom. The van der Waals surface area contributed by atoms with Gasteiger partial charge >= 0.3 is 0 Å². The standard InChI is InChI=1S/C11H14N2O3/c1-9(11(15)13-12-8-14)16-7-10-5-3-2-4-6-10/h2-6,8-9H,7H2,1H3,(H,12,14)(H,13,15)/t9-/m1/s1. The number of rotatable bonds is 6. The average molecular weight is 222 g/mol. The van der Waals surface area contributed by atoms with Gasteiger partial charge in [-0.2, -0.15) is 0 Å². The molecule has 0 saturated carbocycles. The molecule has 5 nitrogen and oxygen atoms in total. The molecule has 86 valence electrons. The Balaban J connectivity index is 2.32. The largest absolute Gasteiger partial charge is 0.364 e. The van der Waals surface area contributed by atoms with Crippen molar-refractivity contribution in [1.29, 1.82) is 0 Å². The van der Waals surface area contributed by atoms with Crippen molar-refractivity contribution < 1.29 is 14.3 Å². The number of carbonyl (C=O) groups is 2. The van der Waals surface area contributed by atoms with E-state index in [0.29, 0.717) is 13.0 Å². The molecule has 0 aliphatic carbocycles. The van der Waals surface area contributed by atoms with Gasteiger partial charge in [0.25, 0.3) is 5.91 Å². The van der Waals surface area contributed by atoms with Gasteiger partial charge < -0.3 is 4.74 Å². The van der Waals surface area contributed by atoms with E-state index in [1.807, 2.05) is 30.3 Å². The minimum atomic E-state index is -0.618. The molecular formula is C11H14N2O3. The van der Waals surface area contributed by atoms with Crippen LogP contribution in [-0.2, 0) is 20.9 Å². The van der Waals surface area contributed by atoms with Crippen LogP contribution in [0.1, 0.15) is 12.5 Å². The van der Waals surface area contributed by atoms with E-state index in [0.717, 1.165) is 5.56 Å². The molecule has 0 spiro atoms. The third-order valence-corrected chi connectivity index (χ3v) is 1.97. The highest BCUT2D eigenvalue weighted by atomic mass is 16.5. The molecule has 1 aromatic carbocycles. The first-order chi connectivity index (χ1) is 7.74. The maximum absolute atomic E-state index is 11.3. The molecule has 0 heterocycles. The van der Waals surface area contributed by atoms with Crippen LogP contribution in [0.5, 0.6) is 0 Å². The van der Waals surface area contributed by atoms with Gasteiger partial charge in [-0.3, -0.25) is 20.4 Å². The summed E-state index contributed by atoms with van der Waals surface area (Å²) in [6, 6.07) is 9.53. The lowest BCUT2D eigenvalue weighted by Crippen LogP contribution is -2.42. The SMILES string of the molecule is C[C@@H](OCc1ccccc1)C(=O)NNC=O. The van der Waals surface area contributed by atoms with Crippen molar-refractivity contribution in [3.63, 3.8) is 0 Å². The van der Waals surface area contributed by atoms with Crippen LogP contribution in [0.2, 0.25) is 0 Å². The monoisotopic (exact) mass is 222 g/mol. The number of ether oxygens (including phenoxy) is 1. The molecule has 0 fully saturated rings. The fourth-order valence-electron chi connectivity index (χ4n) is 1.07. The highest BCUT2D eigenvalue weighted by molar-refractivity contribution is 5.80. The lowest BCUT2D eigenvalue weighted by molar-refractivity contribution is -0.134. The number of carbonyl (C=O) groups excluding carboxylic acids is 2. The second-order valence-electron chi connectivity index (χ2n) is 3.19. The van der Waals surface area contributed by atoms with E-state index in [-0.39, 0.29) is 5.91 Å². The maximum Gasteiger partial charge on any atom is 0.267 e. The van der Waals surface area contributed by atoms with Gasteiger partial charge in [-0.15, -0.1) is 0 Å². The van der Waals surface area contributed by atoms with E-state index in [4.69, 9.17) is 4.74 Å². The van der Waals surface area contributed by atoms with Gasteiger partial charge in [0, 0.05) is 0 Å². The number of benzene rings is 1. The van der Waals surface area contributed by atoms with Gasteiger partial charge in [0.2, 0.25) is 6.41 Å². The molecular weight excluding hydrogens is 208 g/mol. The van der Waals surface area contributed by atoms with Gasteiger partial charge in [0.15, 0.2) is 0 Å². The lowest BCUT2D eigenvalue weighted by Gasteiger charge is -2.12. The summed E-state index contributed by atoms with van der Waals surface area (Å²) in [6.45, 7) is 1.97. The summed E-state index contributed by atoms with van der Waals surface area (Å²) in [5, 5.41) is 0. The average Bonchev–Trinajstić information content (AvgIpc) is 2.34. The minimum Gasteiger partial charge on any atom is -0.364 e. The number of hydrogen-bond acceptors (Lipinski definition) is 3. The molecule has 2 amide bonds. The Bertz CT molecular complexity index is 340. The molecule has 0 radical (unpaired) electrons. The highest BCUT2D eigenvalue weighted by Gasteiger charge is 2.12. The smallest absolute Gasteiger partial charge is 0.267 e. The molecule has 1 aromatic rings. The van der Waals surface area contributed by atoms with Gasteiger partial charge in [-0.1, -0.05) is 30.3 Å². The zero-order chi connectivity index (χ0) is 11.8. The molecule has 0 aliphatic rings. The van der Waals surface area contributed by atoms with Crippen molar-refractivity contribution >= 4 is 12.3 Å². The quantitative estimate of drug-likeness (QED) is 0.539. The number of hydrazine groups is 1. The van der Waals surface area contributed by atoms with Gasteiger partial charge in [-0.25, -0.2) is 0 Å². The number of amides is 2. The molecule has 0 aromatic heterocycles. The Morgan fingerprint density at radius 1 is 1.44 bits per heavy atom. The number of nitrogens with one attached hydrogen (secondary N) is 2. The molecule has 0 bridgehead atoms. The van der Waals surface area contributed by atoms with Crippen molar-refractivity contribution in [1.82, 2.24) is 10.9 Å². The lowest BCUT2D eigenvalue weighted by atomic mass is 10.2. The van der Waals surface area contributed by atoms with Crippen LogP contribution in [0.25, 0.3) is 0 Å². The Kier molecular flexibility index (Phi) is 5.01. The van der Waals surface area contributed by atoms with Crippen LogP contribution in [0.4, 0.5) is 0 Å². The predicted octanol–water partition coefficient (Wildman–Crippen LogP) is 0.369. The van der Waals surface area contributed by atoms with E-state index in [1.165, 1.54) is 0 Å². The molecule has 0 aliphatic heterocycles. The fourth-order valence-corrected chi connectivity index (χ4v) is 1.07. The van der Waals surface area contributed by atoms with Crippen molar-refractivity contribution in [2.75, 3.05) is 0 Å². The first-order valence-corrected chi connectivity index (χ1v) is 4.88. The van der Waals surface area contributed by atoms with Gasteiger partial charge in [0.1, 0.15) is 6.10 Å². The maximum atomic E-state index is 11.3. The van der Waals surface area contributed by atoms with Crippen LogP contribution in [0, 0.1) is 0 Å². The van der Waals surface area contributed by atoms with Crippen molar-refractivity contribution in [3.8, 4) is 0 Å². The molecule has 1 rings (SSSR count). The normalized spacial score (nSPS) is 11.6. The summed E-state index contributed by atoms with van der Waals surface area (Å²) in [6.07, 6.45) is -0.227. The van der Waals surface area contributed by atoms with E-state index in [2.05, 4.69) is 10.9 Å². The van der Waals surface area contributed by atoms with Crippen LogP contribution in [0.3, 0.4) is 0 Å². The minimum absolute atomic E-state index is 0.358. The summed E-state index contributed by atoms with van der Waals surface area (Å²) < 4.78 is 5.32. The summed E-state index contributed by atoms with van der Waals surface area (Å²) in [7, 11) is 0. The second-order valence-corrected chi connectivity index (χ2v) is 3.19. The fraction of sp³-hybridized carbons (Fsp3) is 0.273. The summed E-state index contributed by atoms with van der Waals surface area (Å²) >= 11 is 0. The topological polar surface area (TPSA) is 67.4 Å². The summed E-state index contributed by atoms with van der Waals surface area (Å²) in [5.41, 5.74) is 5.24. The first-order valence-electron chi connectivity index (χ1n) is 4.88. The van der Waals surface area contributed by atoms with E-state index >= 15 is 0 Å². The Hall–Kier alpha value is -1.88. The van der Waals surface area contributed by atoms with E-state index in [9.17, 15) is 9.59 Å². The van der Waals surface area contributed by atoms with Crippen molar-refractivity contribution in [2.45, 2.75) is 19.6 Å². The molecule has 0 unspecified atom stereocenters. The second kappa shape index (κ2) is 6.58. The van der Waals surface area contributed by atoms with Crippen molar-refractivity contribution in [3.05, 3.63) is 35.9 Å². The summed E-state index contributed by atoms with van der Waals surface area (Å²) in [5.74, 6) is -0.386. The first kappa shape index (κ1) is 12.2. The van der Waals surface area contributed by atoms with Crippen LogP contribution >= 0.6 is 0 Å². The van der Waals surface area contributed by atoms with Gasteiger partial charge in [0.05, 0.1) is 6.61 Å². The molecule has 16 heavy (non-hydrogen) atoms. The van der Waals surface area contributed by atoms with Crippen LogP contribution in [0.15, 0.2) is 30.3 Å². The van der Waals surface area contributed by atoms with Crippen LogP contribution in [-0.4, -0.2) is 18.4 Å². The molecule has 2 N–H and O–H groups in total. The highest BCUT2D eigenvalue weighted by Crippen LogP contribution is 2.02. The Labute approximate surface area is 93.8 Å².